The van der Waals surface area contributed by atoms with E-state index in [1.54, 1.807) is 7.11 Å². The number of primary amides is 1. The van der Waals surface area contributed by atoms with E-state index >= 15 is 0 Å². The molecule has 1 amide bonds. The number of methoxy groups -OCH3 is 1. The van der Waals surface area contributed by atoms with Crippen LogP contribution in [0.3, 0.4) is 0 Å². The molecule has 31 heavy (non-hydrogen) atoms. The maximum absolute atomic E-state index is 12.3. The number of hydrogen-bond donors (Lipinski definition) is 2. The van der Waals surface area contributed by atoms with Crippen molar-refractivity contribution in [1.82, 2.24) is 9.38 Å². The number of rotatable bonds is 6. The molecule has 3 heterocycles. The fourth-order valence-electron chi connectivity index (χ4n) is 4.54. The van der Waals surface area contributed by atoms with Gasteiger partial charge in [-0.2, -0.15) is 0 Å². The molecule has 0 spiro atoms. The van der Waals surface area contributed by atoms with Crippen LogP contribution in [0.1, 0.15) is 42.6 Å². The average molecular weight is 447 g/mol. The number of amides is 1. The number of aliphatic hydroxyl groups is 1. The first-order chi connectivity index (χ1) is 14.4. The van der Waals surface area contributed by atoms with E-state index < -0.39 is 11.5 Å². The first-order valence-electron chi connectivity index (χ1n) is 10.5. The van der Waals surface area contributed by atoms with Crippen molar-refractivity contribution in [2.24, 2.45) is 11.7 Å². The van der Waals surface area contributed by atoms with Crippen molar-refractivity contribution in [1.29, 1.82) is 0 Å². The third-order valence-electron chi connectivity index (χ3n) is 6.21. The summed E-state index contributed by atoms with van der Waals surface area (Å²) in [7, 11) is 1.67. The Hall–Kier alpha value is -2.35. The summed E-state index contributed by atoms with van der Waals surface area (Å²) in [6.45, 7) is 5.85. The molecule has 3 aromatic rings. The van der Waals surface area contributed by atoms with E-state index in [1.807, 2.05) is 30.3 Å². The zero-order valence-electron chi connectivity index (χ0n) is 18.3. The standard InChI is InChI=1S/C23H30N4O3.ClH/c1-15(2)12-16-13-17(20(24)29)21-25-18-6-4-5-7-19(18)27(21)22(16)26-10-8-23(14-28,30-3)9-11-26;/h4-7,13,15,28H,8-12,14H2,1-3H3,(H2,24,29);1H. The number of hydrogen-bond acceptors (Lipinski definition) is 5. The number of para-hydroxylation sites is 2. The molecule has 2 aromatic heterocycles. The summed E-state index contributed by atoms with van der Waals surface area (Å²) in [6, 6.07) is 9.83. The maximum Gasteiger partial charge on any atom is 0.252 e. The predicted octanol–water partition coefficient (Wildman–Crippen LogP) is 3.18. The minimum atomic E-state index is -0.488. The molecule has 1 aliphatic rings. The Morgan fingerprint density at radius 1 is 1.29 bits per heavy atom. The lowest BCUT2D eigenvalue weighted by Crippen LogP contribution is -2.48. The molecule has 0 radical (unpaired) electrons. The van der Waals surface area contributed by atoms with E-state index in [1.165, 1.54) is 0 Å². The van der Waals surface area contributed by atoms with E-state index in [-0.39, 0.29) is 19.0 Å². The lowest BCUT2D eigenvalue weighted by molar-refractivity contribution is -0.0673. The Balaban J connectivity index is 0.00000272. The van der Waals surface area contributed by atoms with Crippen molar-refractivity contribution in [2.45, 2.75) is 38.7 Å². The SMILES string of the molecule is COC1(CO)CCN(c2c(CC(C)C)cc(C(N)=O)c3nc4ccccc4n23)CC1.Cl. The molecule has 0 bridgehead atoms. The number of piperidine rings is 1. The number of carbonyl (C=O) groups is 1. The van der Waals surface area contributed by atoms with E-state index in [0.29, 0.717) is 17.1 Å². The second-order valence-electron chi connectivity index (χ2n) is 8.66. The zero-order chi connectivity index (χ0) is 21.5. The lowest BCUT2D eigenvalue weighted by atomic mass is 9.91. The van der Waals surface area contributed by atoms with Crippen LogP contribution < -0.4 is 10.6 Å². The molecule has 1 aliphatic heterocycles. The summed E-state index contributed by atoms with van der Waals surface area (Å²) in [5, 5.41) is 9.84. The van der Waals surface area contributed by atoms with E-state index in [9.17, 15) is 9.90 Å². The van der Waals surface area contributed by atoms with Crippen LogP contribution in [0.15, 0.2) is 30.3 Å². The van der Waals surface area contributed by atoms with Crippen molar-refractivity contribution in [2.75, 3.05) is 31.7 Å². The molecular formula is C23H31ClN4O3. The fraction of sp³-hybridized carbons (Fsp3) is 0.478. The Bertz CT molecular complexity index is 1080. The van der Waals surface area contributed by atoms with Crippen molar-refractivity contribution in [3.05, 3.63) is 41.5 Å². The molecule has 1 aromatic carbocycles. The van der Waals surface area contributed by atoms with Gasteiger partial charge in [0.2, 0.25) is 0 Å². The number of benzene rings is 1. The van der Waals surface area contributed by atoms with E-state index in [0.717, 1.165) is 54.8 Å². The molecule has 7 nitrogen and oxygen atoms in total. The second-order valence-corrected chi connectivity index (χ2v) is 8.66. The minimum absolute atomic E-state index is 0. The monoisotopic (exact) mass is 446 g/mol. The van der Waals surface area contributed by atoms with Gasteiger partial charge >= 0.3 is 0 Å². The third-order valence-corrected chi connectivity index (χ3v) is 6.21. The maximum atomic E-state index is 12.3. The summed E-state index contributed by atoms with van der Waals surface area (Å²) in [5.41, 5.74) is 9.19. The molecule has 1 saturated heterocycles. The highest BCUT2D eigenvalue weighted by Gasteiger charge is 2.35. The number of aliphatic hydroxyl groups excluding tert-OH is 1. The summed E-state index contributed by atoms with van der Waals surface area (Å²) < 4.78 is 7.73. The Morgan fingerprint density at radius 2 is 1.97 bits per heavy atom. The topological polar surface area (TPSA) is 93.1 Å². The summed E-state index contributed by atoms with van der Waals surface area (Å²) in [4.78, 5) is 19.4. The number of ether oxygens (including phenoxy) is 1. The van der Waals surface area contributed by atoms with Crippen molar-refractivity contribution in [3.63, 3.8) is 0 Å². The van der Waals surface area contributed by atoms with Crippen molar-refractivity contribution in [3.8, 4) is 0 Å². The number of imidazole rings is 1. The Kier molecular flexibility index (Phi) is 6.79. The normalized spacial score (nSPS) is 16.1. The molecule has 0 unspecified atom stereocenters. The number of fused-ring (bicyclic) bond motifs is 3. The lowest BCUT2D eigenvalue weighted by Gasteiger charge is -2.41. The molecule has 0 saturated carbocycles. The zero-order valence-corrected chi connectivity index (χ0v) is 19.1. The van der Waals surface area contributed by atoms with Crippen LogP contribution in [0.5, 0.6) is 0 Å². The van der Waals surface area contributed by atoms with Crippen molar-refractivity contribution < 1.29 is 14.6 Å². The molecule has 0 aliphatic carbocycles. The smallest absolute Gasteiger partial charge is 0.252 e. The van der Waals surface area contributed by atoms with Crippen LogP contribution in [0, 0.1) is 5.92 Å². The third kappa shape index (κ3) is 4.10. The van der Waals surface area contributed by atoms with Crippen LogP contribution in [0.2, 0.25) is 0 Å². The molecule has 0 atom stereocenters. The average Bonchev–Trinajstić information content (AvgIpc) is 3.12. The van der Waals surface area contributed by atoms with Gasteiger partial charge in [-0.05, 0) is 48.9 Å². The van der Waals surface area contributed by atoms with Crippen LogP contribution >= 0.6 is 12.4 Å². The molecule has 3 N–H and O–H groups in total. The van der Waals surface area contributed by atoms with Gasteiger partial charge in [-0.3, -0.25) is 9.20 Å². The molecular weight excluding hydrogens is 416 g/mol. The van der Waals surface area contributed by atoms with Gasteiger partial charge in [0.15, 0.2) is 5.65 Å². The van der Waals surface area contributed by atoms with E-state index in [4.69, 9.17) is 15.5 Å². The van der Waals surface area contributed by atoms with Gasteiger partial charge in [0.25, 0.3) is 5.91 Å². The van der Waals surface area contributed by atoms with Gasteiger partial charge in [0.05, 0.1) is 28.8 Å². The molecule has 168 valence electrons. The first-order valence-corrected chi connectivity index (χ1v) is 10.5. The minimum Gasteiger partial charge on any atom is -0.393 e. The van der Waals surface area contributed by atoms with Crippen LogP contribution in [-0.2, 0) is 11.2 Å². The van der Waals surface area contributed by atoms with Crippen LogP contribution in [0.25, 0.3) is 16.7 Å². The highest BCUT2D eigenvalue weighted by molar-refractivity contribution is 6.02. The highest BCUT2D eigenvalue weighted by atomic mass is 35.5. The number of nitrogens with zero attached hydrogens (tertiary/aromatic N) is 3. The number of carbonyl (C=O) groups excluding carboxylic acids is 1. The Labute approximate surface area is 188 Å². The van der Waals surface area contributed by atoms with E-state index in [2.05, 4.69) is 23.1 Å². The van der Waals surface area contributed by atoms with Gasteiger partial charge in [-0.1, -0.05) is 26.0 Å². The first kappa shape index (κ1) is 23.3. The number of halogens is 1. The van der Waals surface area contributed by atoms with Gasteiger partial charge in [0.1, 0.15) is 5.82 Å². The van der Waals surface area contributed by atoms with Gasteiger partial charge in [0, 0.05) is 20.2 Å². The van der Waals surface area contributed by atoms with Crippen molar-refractivity contribution >= 4 is 40.8 Å². The second kappa shape index (κ2) is 9.02. The molecule has 4 rings (SSSR count). The van der Waals surface area contributed by atoms with Crippen LogP contribution in [-0.4, -0.2) is 52.8 Å². The van der Waals surface area contributed by atoms with Gasteiger partial charge in [-0.15, -0.1) is 12.4 Å². The summed E-state index contributed by atoms with van der Waals surface area (Å²) in [6.07, 6.45) is 2.28. The highest BCUT2D eigenvalue weighted by Crippen LogP contribution is 2.35. The largest absolute Gasteiger partial charge is 0.393 e. The quantitative estimate of drug-likeness (QED) is 0.606. The number of pyridine rings is 1. The van der Waals surface area contributed by atoms with Gasteiger partial charge < -0.3 is 20.5 Å². The number of nitrogens with two attached hydrogens (primary N) is 1. The summed E-state index contributed by atoms with van der Waals surface area (Å²) in [5.74, 6) is 1.00. The number of anilines is 1. The predicted molar refractivity (Wildman–Crippen MR) is 125 cm³/mol. The van der Waals surface area contributed by atoms with Gasteiger partial charge in [-0.25, -0.2) is 4.98 Å². The molecule has 8 heteroatoms. The summed E-state index contributed by atoms with van der Waals surface area (Å²) >= 11 is 0. The number of aromatic nitrogens is 2. The fourth-order valence-corrected chi connectivity index (χ4v) is 4.54. The molecule has 1 fully saturated rings. The van der Waals surface area contributed by atoms with Crippen LogP contribution in [0.4, 0.5) is 5.82 Å². The Morgan fingerprint density at radius 3 is 2.55 bits per heavy atom.